The summed E-state index contributed by atoms with van der Waals surface area (Å²) < 4.78 is 32.9. The Balaban J connectivity index is 4.34. The van der Waals surface area contributed by atoms with Gasteiger partial charge in [-0.2, -0.15) is 0 Å². The third kappa shape index (κ3) is 4.38. The molecule has 0 bridgehead atoms. The number of aliphatic hydroxyl groups excluding tert-OH is 1. The molecule has 8 nitrogen and oxygen atoms in total. The molecule has 3 N–H and O–H groups in total. The van der Waals surface area contributed by atoms with Crippen LogP contribution in [0.2, 0.25) is 0 Å². The molecular formula is C2H4O8P2. The highest BCUT2D eigenvalue weighted by atomic mass is 31.2. The minimum Gasteiger partial charge on any atom is -0.369 e. The first-order valence-electron chi connectivity index (χ1n) is 2.34. The first-order chi connectivity index (χ1) is 5.24. The van der Waals surface area contributed by atoms with Crippen LogP contribution >= 0.6 is 15.5 Å². The summed E-state index contributed by atoms with van der Waals surface area (Å²) in [5, 5.41) is 8.34. The smallest absolute Gasteiger partial charge is 0.369 e. The lowest BCUT2D eigenvalue weighted by Crippen LogP contribution is -2.16. The number of phosphoric acid groups is 1. The van der Waals surface area contributed by atoms with Gasteiger partial charge in [-0.15, -0.1) is 0 Å². The zero-order valence-corrected chi connectivity index (χ0v) is 7.14. The number of hydrogen-bond donors (Lipinski definition) is 3. The van der Waals surface area contributed by atoms with Gasteiger partial charge in [0.25, 0.3) is 5.85 Å². The van der Waals surface area contributed by atoms with Crippen LogP contribution in [0.5, 0.6) is 0 Å². The fourth-order valence-electron chi connectivity index (χ4n) is 0.250. The molecule has 0 heterocycles. The van der Waals surface area contributed by atoms with E-state index in [0.717, 1.165) is 0 Å². The molecule has 0 aromatic rings. The lowest BCUT2D eigenvalue weighted by atomic mass is 10.7. The number of carbonyl (C=O) groups is 1. The Morgan fingerprint density at radius 1 is 1.42 bits per heavy atom. The summed E-state index contributed by atoms with van der Waals surface area (Å²) >= 11 is 0. The molecule has 10 heteroatoms. The summed E-state index contributed by atoms with van der Waals surface area (Å²) in [6.45, 7) is 0. The first kappa shape index (κ1) is 11.5. The maximum Gasteiger partial charge on any atom is 0.527 e. The Kier molecular flexibility index (Phi) is 3.76. The predicted octanol–water partition coefficient (Wildman–Crippen LogP) is -0.886. The molecule has 1 unspecified atom stereocenters. The van der Waals surface area contributed by atoms with Crippen molar-refractivity contribution < 1.29 is 37.9 Å². The van der Waals surface area contributed by atoms with E-state index in [9.17, 15) is 18.5 Å². The highest BCUT2D eigenvalue weighted by Crippen LogP contribution is 2.37. The molecule has 0 saturated carbocycles. The Bertz CT molecular complexity index is 275. The topological polar surface area (TPSA) is 138 Å². The van der Waals surface area contributed by atoms with Crippen LogP contribution in [-0.2, 0) is 23.0 Å². The molecular weight excluding hydrogens is 214 g/mol. The van der Waals surface area contributed by atoms with Crippen molar-refractivity contribution in [1.29, 1.82) is 0 Å². The molecule has 0 saturated heterocycles. The van der Waals surface area contributed by atoms with E-state index in [-0.39, 0.29) is 0 Å². The van der Waals surface area contributed by atoms with E-state index in [2.05, 4.69) is 4.52 Å². The summed E-state index contributed by atoms with van der Waals surface area (Å²) in [5.74, 6) is -4.45. The number of phosphoric ester groups is 1. The molecule has 1 atom stereocenters. The average molecular weight is 218 g/mol. The van der Waals surface area contributed by atoms with Crippen molar-refractivity contribution in [1.82, 2.24) is 0 Å². The molecule has 0 amide bonds. The number of rotatable bonds is 3. The van der Waals surface area contributed by atoms with Gasteiger partial charge in [0, 0.05) is 0 Å². The van der Waals surface area contributed by atoms with Gasteiger partial charge in [0.2, 0.25) is 0 Å². The van der Waals surface area contributed by atoms with E-state index in [1.165, 1.54) is 0 Å². The van der Waals surface area contributed by atoms with Crippen molar-refractivity contribution in [2.45, 2.75) is 5.85 Å². The van der Waals surface area contributed by atoms with Crippen molar-refractivity contribution in [3.63, 3.8) is 0 Å². The molecule has 0 spiro atoms. The molecule has 0 aliphatic carbocycles. The predicted molar refractivity (Wildman–Crippen MR) is 32.4 cm³/mol. The summed E-state index contributed by atoms with van der Waals surface area (Å²) in [6.07, 6.45) is 0. The maximum atomic E-state index is 10.3. The Labute approximate surface area is 66.2 Å². The van der Waals surface area contributed by atoms with Crippen LogP contribution in [0, 0.1) is 0 Å². The van der Waals surface area contributed by atoms with Gasteiger partial charge in [-0.3, -0.25) is 9.79 Å². The molecule has 12 heavy (non-hydrogen) atoms. The summed E-state index contributed by atoms with van der Waals surface area (Å²) in [5.41, 5.74) is 0. The van der Waals surface area contributed by atoms with E-state index < -0.39 is 27.3 Å². The Morgan fingerprint density at radius 3 is 2.08 bits per heavy atom. The van der Waals surface area contributed by atoms with Crippen molar-refractivity contribution in [2.75, 3.05) is 0 Å². The number of hydrogen-bond acceptors (Lipinski definition) is 6. The molecule has 0 aliphatic rings. The zero-order valence-electron chi connectivity index (χ0n) is 5.35. The fourth-order valence-corrected chi connectivity index (χ4v) is 0.893. The van der Waals surface area contributed by atoms with Gasteiger partial charge in [-0.05, 0) is 0 Å². The van der Waals surface area contributed by atoms with Crippen molar-refractivity contribution in [2.24, 2.45) is 0 Å². The standard InChI is InChI=1S/C2H4O8P2/c3-1(2(4)11(5)6)10-12(7,8)9/h2,4H,(H2,7,8,9). The second-order valence-electron chi connectivity index (χ2n) is 1.56. The number of carbonyl (C=O) groups excluding carboxylic acids is 1. The number of aliphatic hydroxyl groups is 1. The van der Waals surface area contributed by atoms with Crippen molar-refractivity contribution in [3.8, 4) is 0 Å². The molecule has 0 aliphatic heterocycles. The molecule has 0 rings (SSSR count). The average Bonchev–Trinajstić information content (AvgIpc) is 1.82. The van der Waals surface area contributed by atoms with Gasteiger partial charge in [-0.25, -0.2) is 18.5 Å². The van der Waals surface area contributed by atoms with Gasteiger partial charge in [0.05, 0.1) is 0 Å². The second kappa shape index (κ2) is 3.93. The van der Waals surface area contributed by atoms with Crippen LogP contribution in [0.4, 0.5) is 0 Å². The van der Waals surface area contributed by atoms with Gasteiger partial charge in [-0.1, -0.05) is 0 Å². The highest BCUT2D eigenvalue weighted by molar-refractivity contribution is 7.47. The van der Waals surface area contributed by atoms with Gasteiger partial charge >= 0.3 is 21.5 Å². The van der Waals surface area contributed by atoms with Gasteiger partial charge in [0.15, 0.2) is 0 Å². The quantitative estimate of drug-likeness (QED) is 0.518. The summed E-state index contributed by atoms with van der Waals surface area (Å²) in [6, 6.07) is 0. The lowest BCUT2D eigenvalue weighted by molar-refractivity contribution is -0.140. The largest absolute Gasteiger partial charge is 0.527 e. The van der Waals surface area contributed by atoms with Crippen LogP contribution < -0.4 is 0 Å². The summed E-state index contributed by atoms with van der Waals surface area (Å²) in [4.78, 5) is 26.2. The van der Waals surface area contributed by atoms with Crippen LogP contribution in [0.1, 0.15) is 0 Å². The molecule has 0 radical (unpaired) electrons. The van der Waals surface area contributed by atoms with E-state index in [1.807, 2.05) is 0 Å². The highest BCUT2D eigenvalue weighted by Gasteiger charge is 2.29. The van der Waals surface area contributed by atoms with Gasteiger partial charge in [0.1, 0.15) is 0 Å². The molecule has 0 aromatic heterocycles. The normalized spacial score (nSPS) is 13.6. The van der Waals surface area contributed by atoms with E-state index in [0.29, 0.717) is 0 Å². The third-order valence-corrected chi connectivity index (χ3v) is 1.65. The third-order valence-electron chi connectivity index (χ3n) is 0.619. The Hall–Kier alpha value is -0.520. The SMILES string of the molecule is O=C(OP(=O)(O)O)C(O)P(=O)=O. The summed E-state index contributed by atoms with van der Waals surface area (Å²) in [7, 11) is -8.61. The van der Waals surface area contributed by atoms with Gasteiger partial charge < -0.3 is 9.63 Å². The maximum absolute atomic E-state index is 10.3. The van der Waals surface area contributed by atoms with Crippen LogP contribution in [0.3, 0.4) is 0 Å². The fraction of sp³-hybridized carbons (Fsp3) is 0.500. The minimum atomic E-state index is -5.09. The monoisotopic (exact) mass is 218 g/mol. The van der Waals surface area contributed by atoms with E-state index in [1.54, 1.807) is 0 Å². The molecule has 70 valence electrons. The molecule has 0 aromatic carbocycles. The van der Waals surface area contributed by atoms with E-state index >= 15 is 0 Å². The van der Waals surface area contributed by atoms with Crippen LogP contribution in [0.25, 0.3) is 0 Å². The lowest BCUT2D eigenvalue weighted by Gasteiger charge is -2.04. The van der Waals surface area contributed by atoms with Crippen LogP contribution in [-0.4, -0.2) is 26.7 Å². The van der Waals surface area contributed by atoms with E-state index in [4.69, 9.17) is 14.9 Å². The van der Waals surface area contributed by atoms with Crippen LogP contribution in [0.15, 0.2) is 0 Å². The molecule has 0 fully saturated rings. The van der Waals surface area contributed by atoms with Crippen molar-refractivity contribution >= 4 is 21.5 Å². The first-order valence-corrected chi connectivity index (χ1v) is 5.12. The van der Waals surface area contributed by atoms with Crippen molar-refractivity contribution in [3.05, 3.63) is 0 Å². The minimum absolute atomic E-state index is 1.90. The Morgan fingerprint density at radius 2 is 1.83 bits per heavy atom. The zero-order chi connectivity index (χ0) is 9.94. The second-order valence-corrected chi connectivity index (χ2v) is 3.78.